The number of carbonyl (C=O) groups excluding carboxylic acids is 2. The number of nitrogens with zero attached hydrogens (tertiary/aromatic N) is 2. The largest absolute Gasteiger partial charge is 0.489 e. The van der Waals surface area contributed by atoms with Gasteiger partial charge in [0.2, 0.25) is 11.8 Å². The molecule has 0 atom stereocenters. The molecule has 0 fully saturated rings. The summed E-state index contributed by atoms with van der Waals surface area (Å²) in [4.78, 5) is 34.2. The van der Waals surface area contributed by atoms with Crippen LogP contribution in [0.25, 0.3) is 0 Å². The van der Waals surface area contributed by atoms with Crippen LogP contribution in [0.1, 0.15) is 29.5 Å². The lowest BCUT2D eigenvalue weighted by molar-refractivity contribution is -0.384. The number of aryl methyl sites for hydroxylation is 1. The summed E-state index contributed by atoms with van der Waals surface area (Å²) in [5, 5.41) is 17.4. The molecular weight excluding hydrogens is 436 g/mol. The van der Waals surface area contributed by atoms with Crippen molar-refractivity contribution in [1.29, 1.82) is 0 Å². The van der Waals surface area contributed by atoms with E-state index in [2.05, 4.69) is 15.8 Å². The third kappa shape index (κ3) is 7.56. The monoisotopic (exact) mass is 460 g/mol. The van der Waals surface area contributed by atoms with Crippen molar-refractivity contribution in [2.24, 2.45) is 5.10 Å². The van der Waals surface area contributed by atoms with Crippen LogP contribution >= 0.6 is 0 Å². The Kier molecular flexibility index (Phi) is 8.45. The number of carbonyl (C=O) groups is 2. The highest BCUT2D eigenvalue weighted by Gasteiger charge is 2.08. The first kappa shape index (κ1) is 24.1. The predicted octanol–water partition coefficient (Wildman–Crippen LogP) is 4.35. The number of nitro groups is 1. The minimum atomic E-state index is -0.448. The van der Waals surface area contributed by atoms with Crippen LogP contribution in [0.3, 0.4) is 0 Å². The molecule has 0 radical (unpaired) electrons. The Morgan fingerprint density at radius 1 is 0.971 bits per heavy atom. The summed E-state index contributed by atoms with van der Waals surface area (Å²) in [6.07, 6.45) is 1.56. The molecule has 0 saturated carbocycles. The van der Waals surface area contributed by atoms with Crippen LogP contribution in [-0.2, 0) is 16.2 Å². The van der Waals surface area contributed by atoms with Crippen molar-refractivity contribution in [3.63, 3.8) is 0 Å². The number of nitro benzene ring substituents is 1. The number of para-hydroxylation sites is 1. The molecule has 0 aliphatic heterocycles. The topological polar surface area (TPSA) is 123 Å². The van der Waals surface area contributed by atoms with Crippen LogP contribution in [-0.4, -0.2) is 23.0 Å². The van der Waals surface area contributed by atoms with Crippen LogP contribution in [0, 0.1) is 17.0 Å². The van der Waals surface area contributed by atoms with Gasteiger partial charge >= 0.3 is 0 Å². The molecule has 0 saturated heterocycles. The summed E-state index contributed by atoms with van der Waals surface area (Å²) in [5.41, 5.74) is 5.68. The second-order valence-electron chi connectivity index (χ2n) is 7.44. The molecule has 174 valence electrons. The van der Waals surface area contributed by atoms with Crippen molar-refractivity contribution in [2.45, 2.75) is 26.4 Å². The van der Waals surface area contributed by atoms with Crippen molar-refractivity contribution in [3.05, 3.63) is 99.6 Å². The summed E-state index contributed by atoms with van der Waals surface area (Å²) in [7, 11) is 0. The van der Waals surface area contributed by atoms with E-state index in [1.807, 2.05) is 31.2 Å². The molecule has 3 rings (SSSR count). The van der Waals surface area contributed by atoms with Crippen LogP contribution < -0.4 is 15.5 Å². The van der Waals surface area contributed by atoms with E-state index in [1.54, 1.807) is 36.4 Å². The summed E-state index contributed by atoms with van der Waals surface area (Å²) in [6, 6.07) is 20.6. The number of non-ortho nitro benzene ring substituents is 1. The van der Waals surface area contributed by atoms with Gasteiger partial charge in [0.25, 0.3) is 5.69 Å². The zero-order valence-corrected chi connectivity index (χ0v) is 18.6. The molecule has 0 heterocycles. The molecule has 3 aromatic carbocycles. The molecule has 0 aliphatic rings. The summed E-state index contributed by atoms with van der Waals surface area (Å²) in [5.74, 6) is 0.0242. The normalized spacial score (nSPS) is 10.6. The second-order valence-corrected chi connectivity index (χ2v) is 7.44. The fourth-order valence-corrected chi connectivity index (χ4v) is 2.92. The Bertz CT molecular complexity index is 1170. The van der Waals surface area contributed by atoms with E-state index in [4.69, 9.17) is 4.74 Å². The SMILES string of the molecule is Cc1ccccc1NC(=O)CCC(=O)NN=Cc1ccc(OCc2ccc([N+](=O)[O-])cc2)cc1. The quantitative estimate of drug-likeness (QED) is 0.264. The van der Waals surface area contributed by atoms with Gasteiger partial charge in [0.05, 0.1) is 11.1 Å². The maximum absolute atomic E-state index is 12.0. The van der Waals surface area contributed by atoms with Gasteiger partial charge in [-0.25, -0.2) is 5.43 Å². The first-order valence-corrected chi connectivity index (χ1v) is 10.5. The van der Waals surface area contributed by atoms with Gasteiger partial charge in [-0.1, -0.05) is 18.2 Å². The smallest absolute Gasteiger partial charge is 0.269 e. The van der Waals surface area contributed by atoms with Gasteiger partial charge in [-0.05, 0) is 66.1 Å². The fraction of sp³-hybridized carbons (Fsp3) is 0.160. The van der Waals surface area contributed by atoms with Crippen molar-refractivity contribution < 1.29 is 19.2 Å². The first-order valence-electron chi connectivity index (χ1n) is 10.5. The molecule has 3 aromatic rings. The third-order valence-electron chi connectivity index (χ3n) is 4.83. The molecule has 9 heteroatoms. The molecule has 0 unspecified atom stereocenters. The molecule has 0 bridgehead atoms. The van der Waals surface area contributed by atoms with Crippen LogP contribution in [0.4, 0.5) is 11.4 Å². The second kappa shape index (κ2) is 11.9. The highest BCUT2D eigenvalue weighted by molar-refractivity contribution is 5.94. The Hall–Kier alpha value is -4.53. The molecular formula is C25H24N4O5. The molecule has 9 nitrogen and oxygen atoms in total. The van der Waals surface area contributed by atoms with E-state index in [9.17, 15) is 19.7 Å². The minimum absolute atomic E-state index is 0.0183. The Balaban J connectivity index is 1.38. The predicted molar refractivity (Wildman–Crippen MR) is 129 cm³/mol. The van der Waals surface area contributed by atoms with E-state index in [-0.39, 0.29) is 37.0 Å². The van der Waals surface area contributed by atoms with Crippen LogP contribution in [0.5, 0.6) is 5.75 Å². The minimum Gasteiger partial charge on any atom is -0.489 e. The highest BCUT2D eigenvalue weighted by Crippen LogP contribution is 2.16. The Labute approximate surface area is 196 Å². The van der Waals surface area contributed by atoms with Crippen molar-refractivity contribution in [3.8, 4) is 5.75 Å². The van der Waals surface area contributed by atoms with E-state index in [0.717, 1.165) is 22.4 Å². The molecule has 0 aromatic heterocycles. The van der Waals surface area contributed by atoms with Gasteiger partial charge in [0.1, 0.15) is 12.4 Å². The Morgan fingerprint density at radius 3 is 2.32 bits per heavy atom. The van der Waals surface area contributed by atoms with E-state index >= 15 is 0 Å². The van der Waals surface area contributed by atoms with Crippen LogP contribution in [0.2, 0.25) is 0 Å². The standard InChI is InChI=1S/C25H24N4O5/c1-18-4-2-3-5-23(18)27-24(30)14-15-25(31)28-26-16-19-8-12-22(13-9-19)34-17-20-6-10-21(11-7-20)29(32)33/h2-13,16H,14-15,17H2,1H3,(H,27,30)(H,28,31). The summed E-state index contributed by atoms with van der Waals surface area (Å²) < 4.78 is 5.67. The molecule has 34 heavy (non-hydrogen) atoms. The average Bonchev–Trinajstić information content (AvgIpc) is 2.84. The number of nitrogens with one attached hydrogen (secondary N) is 2. The van der Waals surface area contributed by atoms with Crippen molar-refractivity contribution >= 4 is 29.4 Å². The van der Waals surface area contributed by atoms with Gasteiger partial charge in [-0.15, -0.1) is 0 Å². The van der Waals surface area contributed by atoms with Crippen molar-refractivity contribution in [1.82, 2.24) is 5.43 Å². The van der Waals surface area contributed by atoms with Crippen LogP contribution in [0.15, 0.2) is 77.9 Å². The van der Waals surface area contributed by atoms with E-state index in [1.165, 1.54) is 18.3 Å². The number of hydrazone groups is 1. The molecule has 0 aliphatic carbocycles. The fourth-order valence-electron chi connectivity index (χ4n) is 2.92. The number of benzene rings is 3. The summed E-state index contributed by atoms with van der Waals surface area (Å²) in [6.45, 7) is 2.17. The van der Waals surface area contributed by atoms with Gasteiger partial charge in [0, 0.05) is 30.7 Å². The van der Waals surface area contributed by atoms with Gasteiger partial charge in [-0.2, -0.15) is 5.10 Å². The number of amides is 2. The first-order chi connectivity index (χ1) is 16.4. The van der Waals surface area contributed by atoms with E-state index < -0.39 is 4.92 Å². The maximum atomic E-state index is 12.0. The number of anilines is 1. The number of ether oxygens (including phenoxy) is 1. The molecule has 2 amide bonds. The zero-order valence-electron chi connectivity index (χ0n) is 18.6. The lowest BCUT2D eigenvalue weighted by atomic mass is 10.2. The van der Waals surface area contributed by atoms with Gasteiger partial charge < -0.3 is 10.1 Å². The van der Waals surface area contributed by atoms with Crippen molar-refractivity contribution in [2.75, 3.05) is 5.32 Å². The third-order valence-corrected chi connectivity index (χ3v) is 4.83. The highest BCUT2D eigenvalue weighted by atomic mass is 16.6. The van der Waals surface area contributed by atoms with Gasteiger partial charge in [-0.3, -0.25) is 19.7 Å². The lowest BCUT2D eigenvalue weighted by Crippen LogP contribution is -2.20. The number of hydrogen-bond acceptors (Lipinski definition) is 6. The van der Waals surface area contributed by atoms with E-state index in [0.29, 0.717) is 5.75 Å². The summed E-state index contributed by atoms with van der Waals surface area (Å²) >= 11 is 0. The zero-order chi connectivity index (χ0) is 24.3. The average molecular weight is 460 g/mol. The molecule has 2 N–H and O–H groups in total. The lowest BCUT2D eigenvalue weighted by Gasteiger charge is -2.07. The molecule has 0 spiro atoms. The van der Waals surface area contributed by atoms with Gasteiger partial charge in [0.15, 0.2) is 0 Å². The maximum Gasteiger partial charge on any atom is 0.269 e. The Morgan fingerprint density at radius 2 is 1.65 bits per heavy atom. The number of hydrogen-bond donors (Lipinski definition) is 2. The number of rotatable bonds is 10.